The third kappa shape index (κ3) is 5.75. The molecule has 2 rings (SSSR count). The van der Waals surface area contributed by atoms with E-state index in [1.54, 1.807) is 0 Å². The van der Waals surface area contributed by atoms with Crippen molar-refractivity contribution in [3.63, 3.8) is 0 Å². The van der Waals surface area contributed by atoms with Gasteiger partial charge in [0, 0.05) is 19.1 Å². The Balaban J connectivity index is 1.94. The van der Waals surface area contributed by atoms with Gasteiger partial charge < -0.3 is 14.8 Å². The van der Waals surface area contributed by atoms with Crippen LogP contribution in [-0.4, -0.2) is 63.6 Å². The number of ether oxygens (including phenoxy) is 2. The number of hydrogen-bond donors (Lipinski definition) is 1. The SMILES string of the molecule is CC(C)[C@H](C)NC(=O)COC(=O)c1ccc(S(=O)(=O)N2CCOCC2)cc1. The number of morpholine rings is 1. The van der Waals surface area contributed by atoms with Crippen LogP contribution in [0, 0.1) is 5.92 Å². The molecule has 27 heavy (non-hydrogen) atoms. The molecule has 150 valence electrons. The van der Waals surface area contributed by atoms with Crippen molar-refractivity contribution in [2.75, 3.05) is 32.9 Å². The highest BCUT2D eigenvalue weighted by atomic mass is 32.2. The molecule has 0 bridgehead atoms. The molecule has 9 heteroatoms. The number of hydrogen-bond acceptors (Lipinski definition) is 6. The minimum Gasteiger partial charge on any atom is -0.452 e. The topological polar surface area (TPSA) is 102 Å². The molecule has 1 aliphatic rings. The van der Waals surface area contributed by atoms with Gasteiger partial charge in [0.05, 0.1) is 23.7 Å². The first-order chi connectivity index (χ1) is 12.7. The number of sulfonamides is 1. The van der Waals surface area contributed by atoms with Crippen molar-refractivity contribution in [3.05, 3.63) is 29.8 Å². The predicted octanol–water partition coefficient (Wildman–Crippen LogP) is 1.03. The molecule has 1 N–H and O–H groups in total. The average Bonchev–Trinajstić information content (AvgIpc) is 2.66. The van der Waals surface area contributed by atoms with Crippen LogP contribution in [-0.2, 0) is 24.3 Å². The molecule has 0 saturated carbocycles. The number of rotatable bonds is 7. The fourth-order valence-corrected chi connectivity index (χ4v) is 3.78. The minimum absolute atomic E-state index is 0.0270. The molecule has 0 aromatic heterocycles. The summed E-state index contributed by atoms with van der Waals surface area (Å²) in [5.41, 5.74) is 0.181. The van der Waals surface area contributed by atoms with Gasteiger partial charge >= 0.3 is 5.97 Å². The third-order valence-corrected chi connectivity index (χ3v) is 6.33. The Morgan fingerprint density at radius 1 is 1.15 bits per heavy atom. The molecule has 1 heterocycles. The Morgan fingerprint density at radius 2 is 1.74 bits per heavy atom. The second kappa shape index (κ2) is 9.29. The summed E-state index contributed by atoms with van der Waals surface area (Å²) in [6.07, 6.45) is 0. The van der Waals surface area contributed by atoms with Crippen LogP contribution in [0.1, 0.15) is 31.1 Å². The lowest BCUT2D eigenvalue weighted by Gasteiger charge is -2.26. The van der Waals surface area contributed by atoms with Crippen LogP contribution in [0.5, 0.6) is 0 Å². The van der Waals surface area contributed by atoms with Gasteiger partial charge in [-0.25, -0.2) is 13.2 Å². The molecule has 8 nitrogen and oxygen atoms in total. The zero-order valence-corrected chi connectivity index (χ0v) is 16.6. The Hall–Kier alpha value is -1.97. The van der Waals surface area contributed by atoms with Gasteiger partial charge in [0.1, 0.15) is 0 Å². The maximum absolute atomic E-state index is 12.5. The van der Waals surface area contributed by atoms with Gasteiger partial charge in [-0.1, -0.05) is 13.8 Å². The summed E-state index contributed by atoms with van der Waals surface area (Å²) >= 11 is 0. The molecule has 1 aliphatic heterocycles. The van der Waals surface area contributed by atoms with Crippen molar-refractivity contribution < 1.29 is 27.5 Å². The lowest BCUT2D eigenvalue weighted by Crippen LogP contribution is -2.40. The van der Waals surface area contributed by atoms with Crippen molar-refractivity contribution in [2.24, 2.45) is 5.92 Å². The highest BCUT2D eigenvalue weighted by molar-refractivity contribution is 7.89. The fourth-order valence-electron chi connectivity index (χ4n) is 2.38. The summed E-state index contributed by atoms with van der Waals surface area (Å²) in [7, 11) is -3.61. The molecule has 1 aromatic rings. The third-order valence-electron chi connectivity index (χ3n) is 4.42. The van der Waals surface area contributed by atoms with E-state index in [9.17, 15) is 18.0 Å². The van der Waals surface area contributed by atoms with Crippen molar-refractivity contribution in [3.8, 4) is 0 Å². The van der Waals surface area contributed by atoms with E-state index in [-0.39, 0.29) is 34.9 Å². The van der Waals surface area contributed by atoms with Crippen molar-refractivity contribution in [1.82, 2.24) is 9.62 Å². The van der Waals surface area contributed by atoms with Crippen LogP contribution in [0.25, 0.3) is 0 Å². The lowest BCUT2D eigenvalue weighted by molar-refractivity contribution is -0.125. The summed E-state index contributed by atoms with van der Waals surface area (Å²) in [5, 5.41) is 2.74. The van der Waals surface area contributed by atoms with Crippen LogP contribution < -0.4 is 5.32 Å². The number of nitrogens with one attached hydrogen (secondary N) is 1. The highest BCUT2D eigenvalue weighted by Gasteiger charge is 2.26. The van der Waals surface area contributed by atoms with E-state index in [0.717, 1.165) is 0 Å². The summed E-state index contributed by atoms with van der Waals surface area (Å²) < 4.78 is 36.6. The van der Waals surface area contributed by atoms with E-state index in [1.165, 1.54) is 28.6 Å². The van der Waals surface area contributed by atoms with E-state index in [4.69, 9.17) is 9.47 Å². The molecule has 0 unspecified atom stereocenters. The highest BCUT2D eigenvalue weighted by Crippen LogP contribution is 2.18. The predicted molar refractivity (Wildman–Crippen MR) is 98.7 cm³/mol. The van der Waals surface area contributed by atoms with Gasteiger partial charge in [0.2, 0.25) is 10.0 Å². The zero-order chi connectivity index (χ0) is 20.0. The van der Waals surface area contributed by atoms with Crippen LogP contribution in [0.15, 0.2) is 29.2 Å². The maximum atomic E-state index is 12.5. The normalized spacial score (nSPS) is 16.7. The molecule has 0 aliphatic carbocycles. The second-order valence-corrected chi connectivity index (χ2v) is 8.66. The van der Waals surface area contributed by atoms with E-state index in [2.05, 4.69) is 5.32 Å². The van der Waals surface area contributed by atoms with Crippen LogP contribution >= 0.6 is 0 Å². The first-order valence-corrected chi connectivity index (χ1v) is 10.3. The quantitative estimate of drug-likeness (QED) is 0.688. The van der Waals surface area contributed by atoms with Gasteiger partial charge in [0.15, 0.2) is 6.61 Å². The largest absolute Gasteiger partial charge is 0.452 e. The number of esters is 1. The first kappa shape index (κ1) is 21.3. The molecule has 1 aromatic carbocycles. The minimum atomic E-state index is -3.61. The standard InChI is InChI=1S/C18H26N2O6S/c1-13(2)14(3)19-17(21)12-26-18(22)15-4-6-16(7-5-15)27(23,24)20-8-10-25-11-9-20/h4-7,13-14H,8-12H2,1-3H3,(H,19,21)/t14-/m0/s1. The summed E-state index contributed by atoms with van der Waals surface area (Å²) in [5.74, 6) is -0.792. The second-order valence-electron chi connectivity index (χ2n) is 6.72. The molecular formula is C18H26N2O6S. The molecule has 1 saturated heterocycles. The molecular weight excluding hydrogens is 372 g/mol. The summed E-state index contributed by atoms with van der Waals surface area (Å²) in [6.45, 7) is 6.77. The monoisotopic (exact) mass is 398 g/mol. The number of carbonyl (C=O) groups is 2. The number of carbonyl (C=O) groups excluding carboxylic acids is 2. The van der Waals surface area contributed by atoms with E-state index < -0.39 is 16.0 Å². The van der Waals surface area contributed by atoms with Crippen molar-refractivity contribution in [1.29, 1.82) is 0 Å². The van der Waals surface area contributed by atoms with Gasteiger partial charge in [0.25, 0.3) is 5.91 Å². The number of benzene rings is 1. The molecule has 0 spiro atoms. The van der Waals surface area contributed by atoms with Gasteiger partial charge in [-0.05, 0) is 37.1 Å². The van der Waals surface area contributed by atoms with Gasteiger partial charge in [-0.15, -0.1) is 0 Å². The average molecular weight is 398 g/mol. The number of amides is 1. The smallest absolute Gasteiger partial charge is 0.338 e. The van der Waals surface area contributed by atoms with E-state index >= 15 is 0 Å². The lowest BCUT2D eigenvalue weighted by atomic mass is 10.1. The molecule has 1 fully saturated rings. The first-order valence-electron chi connectivity index (χ1n) is 8.86. The van der Waals surface area contributed by atoms with Gasteiger partial charge in [-0.3, -0.25) is 4.79 Å². The van der Waals surface area contributed by atoms with Gasteiger partial charge in [-0.2, -0.15) is 4.31 Å². The van der Waals surface area contributed by atoms with Crippen molar-refractivity contribution >= 4 is 21.9 Å². The van der Waals surface area contributed by atoms with Crippen LogP contribution in [0.4, 0.5) is 0 Å². The summed E-state index contributed by atoms with van der Waals surface area (Å²) in [4.78, 5) is 23.9. The van der Waals surface area contributed by atoms with E-state index in [0.29, 0.717) is 26.3 Å². The zero-order valence-electron chi connectivity index (χ0n) is 15.8. The molecule has 1 atom stereocenters. The Bertz CT molecular complexity index is 755. The molecule has 0 radical (unpaired) electrons. The Labute approximate surface area is 159 Å². The van der Waals surface area contributed by atoms with Crippen LogP contribution in [0.3, 0.4) is 0 Å². The molecule has 1 amide bonds. The summed E-state index contributed by atoms with van der Waals surface area (Å²) in [6, 6.07) is 5.46. The van der Waals surface area contributed by atoms with E-state index in [1.807, 2.05) is 20.8 Å². The van der Waals surface area contributed by atoms with Crippen molar-refractivity contribution in [2.45, 2.75) is 31.7 Å². The fraction of sp³-hybridized carbons (Fsp3) is 0.556. The van der Waals surface area contributed by atoms with Crippen LogP contribution in [0.2, 0.25) is 0 Å². The Morgan fingerprint density at radius 3 is 2.30 bits per heavy atom. The number of nitrogens with zero attached hydrogens (tertiary/aromatic N) is 1. The Kier molecular flexibility index (Phi) is 7.34. The maximum Gasteiger partial charge on any atom is 0.338 e.